The molecule has 5 aliphatic rings. The number of fused-ring (bicyclic) bond motifs is 7. The summed E-state index contributed by atoms with van der Waals surface area (Å²) >= 11 is 0. The molecule has 5 saturated carbocycles. The summed E-state index contributed by atoms with van der Waals surface area (Å²) in [7, 11) is 1.59. The number of hydrogen-bond acceptors (Lipinski definition) is 3. The highest BCUT2D eigenvalue weighted by atomic mass is 16.5. The lowest BCUT2D eigenvalue weighted by atomic mass is 9.32. The summed E-state index contributed by atoms with van der Waals surface area (Å²) in [5.41, 5.74) is 1.45. The highest BCUT2D eigenvalue weighted by Gasteiger charge is 2.72. The molecule has 190 valence electrons. The van der Waals surface area contributed by atoms with E-state index >= 15 is 0 Å². The Balaban J connectivity index is 1.57. The Morgan fingerprint density at radius 1 is 0.882 bits per heavy atom. The van der Waals surface area contributed by atoms with E-state index in [1.54, 1.807) is 7.11 Å². The third-order valence-corrected chi connectivity index (χ3v) is 13.4. The number of hydrogen-bond donors (Lipinski definition) is 0. The van der Waals surface area contributed by atoms with Crippen LogP contribution in [0.4, 0.5) is 0 Å². The number of Topliss-reactive ketones (excluding diaryl/α,β-unsaturated/α-hetero) is 1. The van der Waals surface area contributed by atoms with Crippen molar-refractivity contribution in [2.45, 2.75) is 106 Å². The zero-order valence-corrected chi connectivity index (χ0v) is 22.9. The van der Waals surface area contributed by atoms with E-state index in [0.29, 0.717) is 35.4 Å². The smallest absolute Gasteiger partial charge is 0.312 e. The monoisotopic (exact) mass is 468 g/mol. The van der Waals surface area contributed by atoms with Gasteiger partial charge in [-0.15, -0.1) is 0 Å². The normalized spacial score (nSPS) is 51.5. The fourth-order valence-electron chi connectivity index (χ4n) is 11.5. The topological polar surface area (TPSA) is 43.4 Å². The second-order valence-electron chi connectivity index (χ2n) is 14.5. The first-order chi connectivity index (χ1) is 15.8. The number of carbonyl (C=O) groups excluding carboxylic acids is 2. The summed E-state index contributed by atoms with van der Waals surface area (Å²) in [5.74, 6) is 3.01. The second kappa shape index (κ2) is 7.45. The number of carbonyl (C=O) groups is 2. The predicted molar refractivity (Wildman–Crippen MR) is 136 cm³/mol. The Hall–Kier alpha value is -1.12. The van der Waals surface area contributed by atoms with E-state index in [0.717, 1.165) is 38.5 Å². The van der Waals surface area contributed by atoms with Crippen LogP contribution in [0.3, 0.4) is 0 Å². The van der Waals surface area contributed by atoms with E-state index in [4.69, 9.17) is 4.74 Å². The van der Waals surface area contributed by atoms with Crippen LogP contribution in [0.5, 0.6) is 0 Å². The van der Waals surface area contributed by atoms with Crippen molar-refractivity contribution in [1.82, 2.24) is 0 Å². The van der Waals surface area contributed by atoms with Gasteiger partial charge in [0.05, 0.1) is 12.5 Å². The van der Waals surface area contributed by atoms with Crippen molar-refractivity contribution in [2.24, 2.45) is 56.7 Å². The molecule has 5 rings (SSSR count). The Bertz CT molecular complexity index is 918. The molecule has 0 aromatic rings. The molecule has 5 aliphatic carbocycles. The molecule has 34 heavy (non-hydrogen) atoms. The van der Waals surface area contributed by atoms with Crippen LogP contribution in [0.25, 0.3) is 0 Å². The van der Waals surface area contributed by atoms with Gasteiger partial charge in [-0.2, -0.15) is 0 Å². The first kappa shape index (κ1) is 24.6. The van der Waals surface area contributed by atoms with Crippen molar-refractivity contribution in [1.29, 1.82) is 0 Å². The maximum absolute atomic E-state index is 13.3. The van der Waals surface area contributed by atoms with Gasteiger partial charge in [-0.1, -0.05) is 46.8 Å². The fourth-order valence-corrected chi connectivity index (χ4v) is 11.5. The van der Waals surface area contributed by atoms with Gasteiger partial charge in [-0.05, 0) is 111 Å². The van der Waals surface area contributed by atoms with Crippen LogP contribution in [0.15, 0.2) is 12.2 Å². The number of methoxy groups -OCH3 is 1. The lowest BCUT2D eigenvalue weighted by Crippen LogP contribution is -2.66. The van der Waals surface area contributed by atoms with Crippen molar-refractivity contribution in [2.75, 3.05) is 7.11 Å². The Labute approximate surface area is 207 Å². The van der Waals surface area contributed by atoms with Crippen molar-refractivity contribution in [3.05, 3.63) is 12.2 Å². The highest BCUT2D eigenvalue weighted by Crippen LogP contribution is 2.77. The molecule has 0 spiro atoms. The quantitative estimate of drug-likeness (QED) is 0.313. The van der Waals surface area contributed by atoms with Crippen molar-refractivity contribution >= 4 is 11.8 Å². The molecule has 0 amide bonds. The summed E-state index contributed by atoms with van der Waals surface area (Å²) in [6, 6.07) is 0. The van der Waals surface area contributed by atoms with Crippen LogP contribution in [0.1, 0.15) is 106 Å². The molecule has 3 nitrogen and oxygen atoms in total. The zero-order valence-electron chi connectivity index (χ0n) is 22.9. The van der Waals surface area contributed by atoms with Crippen molar-refractivity contribution in [3.63, 3.8) is 0 Å². The summed E-state index contributed by atoms with van der Waals surface area (Å²) < 4.78 is 5.49. The number of rotatable bonds is 2. The molecule has 0 aromatic carbocycles. The van der Waals surface area contributed by atoms with Gasteiger partial charge in [0.15, 0.2) is 0 Å². The molecule has 0 radical (unpaired) electrons. The number of esters is 1. The van der Waals surface area contributed by atoms with E-state index in [1.807, 2.05) is 0 Å². The van der Waals surface area contributed by atoms with E-state index in [1.165, 1.54) is 31.3 Å². The largest absolute Gasteiger partial charge is 0.469 e. The minimum absolute atomic E-state index is 0.0405. The molecular formula is C31H48O3. The van der Waals surface area contributed by atoms with E-state index < -0.39 is 0 Å². The average molecular weight is 469 g/mol. The van der Waals surface area contributed by atoms with Crippen LogP contribution in [-0.4, -0.2) is 18.9 Å². The molecule has 0 saturated heterocycles. The highest BCUT2D eigenvalue weighted by molar-refractivity contribution is 5.85. The van der Waals surface area contributed by atoms with E-state index in [-0.39, 0.29) is 33.0 Å². The van der Waals surface area contributed by atoms with Crippen LogP contribution >= 0.6 is 0 Å². The number of ketones is 1. The Kier molecular flexibility index (Phi) is 5.38. The van der Waals surface area contributed by atoms with Gasteiger partial charge < -0.3 is 4.74 Å². The molecule has 0 unspecified atom stereocenters. The lowest BCUT2D eigenvalue weighted by molar-refractivity contribution is -0.235. The molecular weight excluding hydrogens is 420 g/mol. The minimum atomic E-state index is -0.313. The number of allylic oxidation sites excluding steroid dienone is 1. The van der Waals surface area contributed by atoms with Gasteiger partial charge in [0, 0.05) is 11.8 Å². The molecule has 5 fully saturated rings. The molecule has 0 aliphatic heterocycles. The maximum atomic E-state index is 13.3. The molecule has 0 N–H and O–H groups in total. The molecule has 9 atom stereocenters. The van der Waals surface area contributed by atoms with Gasteiger partial charge in [-0.25, -0.2) is 0 Å². The minimum Gasteiger partial charge on any atom is -0.469 e. The summed E-state index contributed by atoms with van der Waals surface area (Å²) in [4.78, 5) is 26.3. The lowest BCUT2D eigenvalue weighted by Gasteiger charge is -2.72. The van der Waals surface area contributed by atoms with Gasteiger partial charge in [0.2, 0.25) is 0 Å². The van der Waals surface area contributed by atoms with Gasteiger partial charge in [0.25, 0.3) is 0 Å². The molecule has 3 heteroatoms. The third kappa shape index (κ3) is 2.76. The zero-order chi connectivity index (χ0) is 24.9. The van der Waals surface area contributed by atoms with E-state index in [9.17, 15) is 9.59 Å². The Morgan fingerprint density at radius 3 is 2.24 bits per heavy atom. The van der Waals surface area contributed by atoms with Crippen molar-refractivity contribution < 1.29 is 14.3 Å². The fraction of sp³-hybridized carbons (Fsp3) is 0.871. The molecule has 0 aromatic heterocycles. The van der Waals surface area contributed by atoms with Crippen LogP contribution < -0.4 is 0 Å². The van der Waals surface area contributed by atoms with Gasteiger partial charge in [-0.3, -0.25) is 9.59 Å². The number of ether oxygens (including phenoxy) is 1. The van der Waals surface area contributed by atoms with E-state index in [2.05, 4.69) is 48.1 Å². The van der Waals surface area contributed by atoms with Gasteiger partial charge >= 0.3 is 5.97 Å². The Morgan fingerprint density at radius 2 is 1.59 bits per heavy atom. The predicted octanol–water partition coefficient (Wildman–Crippen LogP) is 7.39. The first-order valence-corrected chi connectivity index (χ1v) is 14.1. The standard InChI is InChI=1S/C31H48O3/c1-19(2)20-11-16-31(26(33)34-8)18-17-29(6)21(25(20)31)9-10-23-28(5)14-13-24(32)27(3,4)22(28)12-15-30(23,29)7/h20-23,25H,1,9-18H2,2-8H3/t20-,21+,22-,23+,25+,28-,29+,30+,31-/m0/s1. The molecule has 0 heterocycles. The average Bonchev–Trinajstić information content (AvgIpc) is 3.18. The summed E-state index contributed by atoms with van der Waals surface area (Å²) in [5, 5.41) is 0. The second-order valence-corrected chi connectivity index (χ2v) is 14.5. The SMILES string of the molecule is C=C(C)[C@@H]1CC[C@]2(C(=O)OC)CC[C@]3(C)[C@H](CC[C@@H]4[C@@]5(C)CCC(=O)C(C)(C)[C@@H]5CC[C@]43C)[C@@H]12. The van der Waals surface area contributed by atoms with Crippen molar-refractivity contribution in [3.8, 4) is 0 Å². The maximum Gasteiger partial charge on any atom is 0.312 e. The first-order valence-electron chi connectivity index (χ1n) is 14.1. The van der Waals surface area contributed by atoms with Crippen LogP contribution in [0, 0.1) is 56.7 Å². The molecule has 0 bridgehead atoms. The summed E-state index contributed by atoms with van der Waals surface area (Å²) in [6.45, 7) is 18.8. The van der Waals surface area contributed by atoms with Crippen LogP contribution in [0.2, 0.25) is 0 Å². The van der Waals surface area contributed by atoms with Crippen LogP contribution in [-0.2, 0) is 14.3 Å². The van der Waals surface area contributed by atoms with Gasteiger partial charge in [0.1, 0.15) is 5.78 Å². The summed E-state index contributed by atoms with van der Waals surface area (Å²) in [6.07, 6.45) is 10.8. The third-order valence-electron chi connectivity index (χ3n) is 13.4.